The summed E-state index contributed by atoms with van der Waals surface area (Å²) in [5.41, 5.74) is 1.38. The molecule has 0 saturated carbocycles. The van der Waals surface area contributed by atoms with E-state index in [1.165, 1.54) is 63.8 Å². The van der Waals surface area contributed by atoms with Gasteiger partial charge in [0.05, 0.1) is 12.7 Å². The van der Waals surface area contributed by atoms with Crippen LogP contribution in [-0.4, -0.2) is 89.8 Å². The molecule has 5 nitrogen and oxygen atoms in total. The van der Waals surface area contributed by atoms with E-state index in [0.717, 1.165) is 31.7 Å². The number of aromatic nitrogens is 1. The number of ether oxygens (including phenoxy) is 1. The highest BCUT2D eigenvalue weighted by Gasteiger charge is 2.33. The second kappa shape index (κ2) is 10.5. The van der Waals surface area contributed by atoms with Crippen LogP contribution < -0.4 is 0 Å². The van der Waals surface area contributed by atoms with Crippen molar-refractivity contribution in [3.8, 4) is 0 Å². The summed E-state index contributed by atoms with van der Waals surface area (Å²) in [5.74, 6) is 0.782. The molecule has 0 aliphatic carbocycles. The van der Waals surface area contributed by atoms with Gasteiger partial charge in [-0.2, -0.15) is 0 Å². The summed E-state index contributed by atoms with van der Waals surface area (Å²) >= 11 is 0. The van der Waals surface area contributed by atoms with Gasteiger partial charge in [-0.25, -0.2) is 0 Å². The highest BCUT2D eigenvalue weighted by atomic mass is 16.5. The summed E-state index contributed by atoms with van der Waals surface area (Å²) in [4.78, 5) is 12.3. The van der Waals surface area contributed by atoms with E-state index in [4.69, 9.17) is 4.74 Å². The average molecular weight is 415 g/mol. The predicted octanol–water partition coefficient (Wildman–Crippen LogP) is 3.30. The molecule has 3 aliphatic heterocycles. The maximum absolute atomic E-state index is 6.17. The third-order valence-electron chi connectivity index (χ3n) is 7.71. The zero-order valence-electron chi connectivity index (χ0n) is 19.4. The van der Waals surface area contributed by atoms with Crippen molar-refractivity contribution in [1.82, 2.24) is 19.7 Å². The molecular formula is C25H42N4O. The van der Waals surface area contributed by atoms with Crippen molar-refractivity contribution in [3.63, 3.8) is 0 Å². The number of pyridine rings is 1. The van der Waals surface area contributed by atoms with Crippen LogP contribution in [0.15, 0.2) is 24.5 Å². The molecule has 0 amide bonds. The van der Waals surface area contributed by atoms with Gasteiger partial charge >= 0.3 is 0 Å². The smallest absolute Gasteiger partial charge is 0.0703 e. The van der Waals surface area contributed by atoms with Crippen LogP contribution in [0, 0.1) is 5.92 Å². The van der Waals surface area contributed by atoms with Crippen molar-refractivity contribution >= 4 is 0 Å². The molecular weight excluding hydrogens is 372 g/mol. The average Bonchev–Trinajstić information content (AvgIpc) is 3.43. The van der Waals surface area contributed by atoms with Crippen molar-refractivity contribution in [2.75, 3.05) is 45.9 Å². The van der Waals surface area contributed by atoms with Crippen molar-refractivity contribution < 1.29 is 4.74 Å². The van der Waals surface area contributed by atoms with Crippen LogP contribution >= 0.6 is 0 Å². The molecule has 168 valence electrons. The zero-order chi connectivity index (χ0) is 20.9. The Morgan fingerprint density at radius 2 is 1.93 bits per heavy atom. The standard InChI is InChI=1S/C25H42N4O/c1-20(2)27-12-9-24(18-27)29-13-14-30-25(19-29)7-6-21(3)28-11-8-23(17-28)15-22-5-4-10-26-16-22/h4-5,10,16,20-21,23-25H,6-9,11-15,17-19H2,1-3H3. The summed E-state index contributed by atoms with van der Waals surface area (Å²) in [6.07, 6.45) is 10.6. The van der Waals surface area contributed by atoms with Crippen LogP contribution in [0.5, 0.6) is 0 Å². The lowest BCUT2D eigenvalue weighted by Gasteiger charge is -2.37. The zero-order valence-corrected chi connectivity index (χ0v) is 19.4. The lowest BCUT2D eigenvalue weighted by atomic mass is 10.00. The van der Waals surface area contributed by atoms with E-state index in [2.05, 4.69) is 52.6 Å². The normalized spacial score (nSPS) is 30.3. The third-order valence-corrected chi connectivity index (χ3v) is 7.71. The molecule has 3 aliphatic rings. The molecule has 4 rings (SSSR count). The molecule has 1 aromatic heterocycles. The Bertz CT molecular complexity index is 639. The van der Waals surface area contributed by atoms with Gasteiger partial charge in [-0.3, -0.25) is 14.8 Å². The third kappa shape index (κ3) is 5.82. The summed E-state index contributed by atoms with van der Waals surface area (Å²) in [6.45, 7) is 15.2. The SMILES string of the molecule is CC(C)N1CCC(N2CCOC(CCC(C)N3CCC(Cc4cccnc4)C3)C2)C1. The summed E-state index contributed by atoms with van der Waals surface area (Å²) in [7, 11) is 0. The Balaban J connectivity index is 1.18. The highest BCUT2D eigenvalue weighted by molar-refractivity contribution is 5.10. The summed E-state index contributed by atoms with van der Waals surface area (Å²) < 4.78 is 6.17. The molecule has 1 aromatic rings. The topological polar surface area (TPSA) is 31.8 Å². The van der Waals surface area contributed by atoms with Gasteiger partial charge in [0.15, 0.2) is 0 Å². The molecule has 30 heavy (non-hydrogen) atoms. The first-order chi connectivity index (χ1) is 14.6. The molecule has 0 radical (unpaired) electrons. The van der Waals surface area contributed by atoms with Gasteiger partial charge in [-0.05, 0) is 77.0 Å². The van der Waals surface area contributed by atoms with Crippen LogP contribution in [0.4, 0.5) is 0 Å². The van der Waals surface area contributed by atoms with Crippen molar-refractivity contribution in [2.24, 2.45) is 5.92 Å². The van der Waals surface area contributed by atoms with Gasteiger partial charge in [-0.15, -0.1) is 0 Å². The van der Waals surface area contributed by atoms with Gasteiger partial charge in [0.1, 0.15) is 0 Å². The minimum atomic E-state index is 0.420. The van der Waals surface area contributed by atoms with E-state index in [0.29, 0.717) is 18.2 Å². The van der Waals surface area contributed by atoms with Crippen LogP contribution in [-0.2, 0) is 11.2 Å². The van der Waals surface area contributed by atoms with Gasteiger partial charge in [0.25, 0.3) is 0 Å². The van der Waals surface area contributed by atoms with Gasteiger partial charge < -0.3 is 9.64 Å². The van der Waals surface area contributed by atoms with E-state index >= 15 is 0 Å². The molecule has 0 N–H and O–H groups in total. The molecule has 0 bridgehead atoms. The number of morpholine rings is 1. The number of likely N-dealkylation sites (tertiary alicyclic amines) is 2. The van der Waals surface area contributed by atoms with Crippen molar-refractivity contribution in [1.29, 1.82) is 0 Å². The minimum absolute atomic E-state index is 0.420. The fourth-order valence-corrected chi connectivity index (χ4v) is 5.68. The first-order valence-electron chi connectivity index (χ1n) is 12.3. The fraction of sp³-hybridized carbons (Fsp3) is 0.800. The van der Waals surface area contributed by atoms with E-state index in [9.17, 15) is 0 Å². The monoisotopic (exact) mass is 414 g/mol. The Morgan fingerprint density at radius 3 is 2.70 bits per heavy atom. The molecule has 3 saturated heterocycles. The van der Waals surface area contributed by atoms with Crippen molar-refractivity contribution in [3.05, 3.63) is 30.1 Å². The van der Waals surface area contributed by atoms with E-state index in [1.54, 1.807) is 0 Å². The van der Waals surface area contributed by atoms with E-state index < -0.39 is 0 Å². The first-order valence-corrected chi connectivity index (χ1v) is 12.3. The maximum atomic E-state index is 6.17. The van der Waals surface area contributed by atoms with E-state index in [-0.39, 0.29) is 0 Å². The largest absolute Gasteiger partial charge is 0.376 e. The second-order valence-electron chi connectivity index (χ2n) is 10.2. The Labute approximate surface area is 183 Å². The molecule has 5 heteroatoms. The van der Waals surface area contributed by atoms with Crippen molar-refractivity contribution in [2.45, 2.75) is 77.1 Å². The van der Waals surface area contributed by atoms with Gasteiger partial charge in [0, 0.05) is 63.2 Å². The maximum Gasteiger partial charge on any atom is 0.0703 e. The highest BCUT2D eigenvalue weighted by Crippen LogP contribution is 2.26. The van der Waals surface area contributed by atoms with Crippen LogP contribution in [0.3, 0.4) is 0 Å². The van der Waals surface area contributed by atoms with Gasteiger partial charge in [0.2, 0.25) is 0 Å². The number of rotatable bonds is 8. The number of hydrogen-bond donors (Lipinski definition) is 0. The van der Waals surface area contributed by atoms with Crippen LogP contribution in [0.25, 0.3) is 0 Å². The number of hydrogen-bond acceptors (Lipinski definition) is 5. The second-order valence-corrected chi connectivity index (χ2v) is 10.2. The molecule has 3 fully saturated rings. The Hall–Kier alpha value is -1.01. The molecule has 4 unspecified atom stereocenters. The quantitative estimate of drug-likeness (QED) is 0.652. The Morgan fingerprint density at radius 1 is 1.07 bits per heavy atom. The molecule has 4 atom stereocenters. The predicted molar refractivity (Wildman–Crippen MR) is 123 cm³/mol. The first kappa shape index (κ1) is 22.2. The summed E-state index contributed by atoms with van der Waals surface area (Å²) in [5, 5.41) is 0. The lowest BCUT2D eigenvalue weighted by Crippen LogP contribution is -2.49. The molecule has 0 spiro atoms. The van der Waals surface area contributed by atoms with Gasteiger partial charge in [-0.1, -0.05) is 6.07 Å². The van der Waals surface area contributed by atoms with Crippen LogP contribution in [0.2, 0.25) is 0 Å². The molecule has 4 heterocycles. The minimum Gasteiger partial charge on any atom is -0.376 e. The fourth-order valence-electron chi connectivity index (χ4n) is 5.68. The molecule has 0 aromatic carbocycles. The Kier molecular flexibility index (Phi) is 7.79. The van der Waals surface area contributed by atoms with Crippen LogP contribution in [0.1, 0.15) is 52.0 Å². The summed E-state index contributed by atoms with van der Waals surface area (Å²) in [6, 6.07) is 6.35. The van der Waals surface area contributed by atoms with E-state index in [1.807, 2.05) is 12.4 Å². The lowest BCUT2D eigenvalue weighted by molar-refractivity contribution is -0.0480. The number of nitrogens with zero attached hydrogens (tertiary/aromatic N) is 4.